The first-order valence-corrected chi connectivity index (χ1v) is 13.7. The number of ether oxygens (including phenoxy) is 1. The molecule has 2 heterocycles. The van der Waals surface area contributed by atoms with Gasteiger partial charge < -0.3 is 54.0 Å². The molecule has 0 aromatic carbocycles. The minimum absolute atomic E-state index is 0. The standard InChI is InChI=1S/C9H12N2O6.4Na.H6O13P4/c12-3-4-6(14)7(15)8(17-4)11-2-1-5(13)10-9(11)16;;;;;1-14(2,3)11-16(7,8)13-17(9,10)12-15(4,5)6/h1-2,4,6-8,12,14-15H,3H2,(H,10,13,16);;;;;(H,7,8)(H,9,10)(H2,1,2,3)(H2,4,5,6)/q;4*+1;/p-4/t4-,6-,7-,8-;;;;;/m1...../s1/i3D;;;;;/t3?,4-,6-,7-,8-;;;;;. The Hall–Kier alpha value is 3.08. The number of H-pyrrole nitrogens is 1. The van der Waals surface area contributed by atoms with Crippen LogP contribution in [0, 0.1) is 0 Å². The number of nitrogens with zero attached hydrogens (tertiary/aromatic N) is 1. The third-order valence-corrected chi connectivity index (χ3v) is 8.00. The van der Waals surface area contributed by atoms with E-state index in [0.29, 0.717) is 0 Å². The number of aliphatic hydroxyl groups is 3. The summed E-state index contributed by atoms with van der Waals surface area (Å²) in [5, 5.41) is 28.3. The van der Waals surface area contributed by atoms with E-state index in [1.54, 1.807) is 0 Å². The monoisotopic (exact) mass is 671 g/mol. The van der Waals surface area contributed by atoms with Crippen molar-refractivity contribution in [2.45, 2.75) is 24.5 Å². The van der Waals surface area contributed by atoms with Crippen LogP contribution in [0.5, 0.6) is 0 Å². The van der Waals surface area contributed by atoms with Crippen molar-refractivity contribution in [1.82, 2.24) is 9.55 Å². The van der Waals surface area contributed by atoms with Crippen LogP contribution in [0.25, 0.3) is 0 Å². The summed E-state index contributed by atoms with van der Waals surface area (Å²) >= 11 is 0. The second-order valence-electron chi connectivity index (χ2n) is 5.72. The molecule has 1 saturated heterocycles. The van der Waals surface area contributed by atoms with Crippen LogP contribution in [0.3, 0.4) is 0 Å². The summed E-state index contributed by atoms with van der Waals surface area (Å²) in [6.07, 6.45) is -4.49. The van der Waals surface area contributed by atoms with Gasteiger partial charge >= 0.3 is 132 Å². The molecule has 7 atom stereocenters. The summed E-state index contributed by atoms with van der Waals surface area (Å²) in [6, 6.07) is 1.05. The fraction of sp³-hybridized carbons (Fsp3) is 0.556. The zero-order valence-electron chi connectivity index (χ0n) is 20.7. The fourth-order valence-corrected chi connectivity index (χ4v) is 5.85. The number of hydrogen-bond donors (Lipinski definition) is 6. The quantitative estimate of drug-likeness (QED) is 0.110. The zero-order chi connectivity index (χ0) is 27.6. The summed E-state index contributed by atoms with van der Waals surface area (Å²) in [6.45, 7) is -1.75. The SMILES string of the molecule is O=P([O-])([O-])OP(=O)([O-])OP(=O)([O-])OP(=O)(O)O.[2H]C(O)[C@H]1O[C@@H](n2ccc(=O)[nH]c2=O)[C@H](O)[C@@H]1O.[Na+].[Na+].[Na+].[Na+]. The fourth-order valence-electron chi connectivity index (χ4n) is 2.07. The molecule has 1 aliphatic heterocycles. The first kappa shape index (κ1) is 45.5. The second-order valence-corrected chi connectivity index (χ2v) is 11.3. The third-order valence-electron chi connectivity index (χ3n) is 3.15. The van der Waals surface area contributed by atoms with E-state index in [1.807, 2.05) is 4.98 Å². The van der Waals surface area contributed by atoms with Gasteiger partial charge in [-0.2, -0.15) is 0 Å². The average Bonchev–Trinajstić information content (AvgIpc) is 2.85. The molecule has 29 heteroatoms. The topological polar surface area (TPSA) is 353 Å². The molecule has 0 bridgehead atoms. The second kappa shape index (κ2) is 19.5. The zero-order valence-corrected chi connectivity index (χ0v) is 31.3. The predicted molar refractivity (Wildman–Crippen MR) is 92.5 cm³/mol. The molecule has 0 aliphatic carbocycles. The number of nitrogens with one attached hydrogen (secondary N) is 1. The molecule has 38 heavy (non-hydrogen) atoms. The number of hydrogen-bond acceptors (Lipinski definition) is 17. The van der Waals surface area contributed by atoms with Gasteiger partial charge in [-0.15, -0.1) is 0 Å². The Balaban J connectivity index is -0.000000286. The van der Waals surface area contributed by atoms with Gasteiger partial charge in [-0.05, 0) is 0 Å². The minimum Gasteiger partial charge on any atom is -0.790 e. The number of rotatable bonds is 8. The smallest absolute Gasteiger partial charge is 0.790 e. The van der Waals surface area contributed by atoms with Crippen molar-refractivity contribution in [3.63, 3.8) is 0 Å². The minimum atomic E-state index is -6.20. The normalized spacial score (nSPS) is 25.1. The average molecular weight is 671 g/mol. The van der Waals surface area contributed by atoms with Gasteiger partial charge in [0.05, 0.1) is 15.8 Å². The number of aliphatic hydroxyl groups excluding tert-OH is 3. The summed E-state index contributed by atoms with van der Waals surface area (Å²) in [5.74, 6) is 0. The Morgan fingerprint density at radius 1 is 0.947 bits per heavy atom. The van der Waals surface area contributed by atoms with E-state index in [4.69, 9.17) is 21.0 Å². The molecule has 1 aromatic heterocycles. The van der Waals surface area contributed by atoms with Crippen molar-refractivity contribution in [1.29, 1.82) is 0 Å². The van der Waals surface area contributed by atoms with E-state index >= 15 is 0 Å². The van der Waals surface area contributed by atoms with Crippen molar-refractivity contribution in [3.8, 4) is 0 Å². The molecule has 198 valence electrons. The largest absolute Gasteiger partial charge is 1.00 e. The van der Waals surface area contributed by atoms with Crippen molar-refractivity contribution >= 4 is 31.3 Å². The Labute approximate surface area is 301 Å². The number of aromatic nitrogens is 2. The van der Waals surface area contributed by atoms with Crippen molar-refractivity contribution < 1.29 is 200 Å². The van der Waals surface area contributed by atoms with E-state index < -0.39 is 73.7 Å². The van der Waals surface area contributed by atoms with Crippen LogP contribution in [0.1, 0.15) is 7.60 Å². The predicted octanol–water partition coefficient (Wildman–Crippen LogP) is -17.9. The molecule has 0 amide bonds. The van der Waals surface area contributed by atoms with Gasteiger partial charge in [0.25, 0.3) is 21.2 Å². The van der Waals surface area contributed by atoms with Gasteiger partial charge in [0.1, 0.15) is 18.3 Å². The first-order valence-electron chi connectivity index (χ1n) is 8.38. The summed E-state index contributed by atoms with van der Waals surface area (Å²) < 4.78 is 62.2. The Morgan fingerprint density at radius 3 is 1.79 bits per heavy atom. The Morgan fingerprint density at radius 2 is 1.42 bits per heavy atom. The molecule has 1 aromatic rings. The van der Waals surface area contributed by atoms with Gasteiger partial charge in [0.15, 0.2) is 6.23 Å². The maximum absolute atomic E-state index is 11.5. The van der Waals surface area contributed by atoms with E-state index in [1.165, 1.54) is 0 Å². The molecule has 6 N–H and O–H groups in total. The van der Waals surface area contributed by atoms with Crippen LogP contribution in [0.15, 0.2) is 21.9 Å². The van der Waals surface area contributed by atoms with Crippen LogP contribution in [0.4, 0.5) is 0 Å². The van der Waals surface area contributed by atoms with Crippen molar-refractivity contribution in [3.05, 3.63) is 33.1 Å². The van der Waals surface area contributed by atoms with Gasteiger partial charge in [-0.3, -0.25) is 27.8 Å². The molecule has 1 fully saturated rings. The third kappa shape index (κ3) is 18.0. The van der Waals surface area contributed by atoms with Crippen molar-refractivity contribution in [2.75, 3.05) is 6.58 Å². The molecular formula is C9H14N2Na4O19P4. The maximum atomic E-state index is 11.5. The summed E-state index contributed by atoms with van der Waals surface area (Å²) in [5.41, 5.74) is -1.43. The van der Waals surface area contributed by atoms with E-state index in [2.05, 4.69) is 12.9 Å². The molecule has 0 saturated carbocycles. The summed E-state index contributed by atoms with van der Waals surface area (Å²) in [4.78, 5) is 81.0. The molecule has 0 spiro atoms. The molecular weight excluding hydrogens is 656 g/mol. The molecule has 3 unspecified atom stereocenters. The first-order chi connectivity index (χ1) is 15.5. The number of aromatic amines is 1. The van der Waals surface area contributed by atoms with E-state index in [9.17, 15) is 57.6 Å². The van der Waals surface area contributed by atoms with E-state index in [0.717, 1.165) is 16.8 Å². The Kier molecular flexibility index (Phi) is 23.3. The van der Waals surface area contributed by atoms with Crippen LogP contribution in [-0.4, -0.2) is 59.6 Å². The Bertz CT molecular complexity index is 1160. The van der Waals surface area contributed by atoms with Crippen LogP contribution in [0.2, 0.25) is 0 Å². The van der Waals surface area contributed by atoms with Gasteiger partial charge in [-0.1, -0.05) is 0 Å². The van der Waals surface area contributed by atoms with Gasteiger partial charge in [-0.25, -0.2) is 18.0 Å². The maximum Gasteiger partial charge on any atom is 1.00 e. The van der Waals surface area contributed by atoms with Gasteiger partial charge in [0.2, 0.25) is 0 Å². The van der Waals surface area contributed by atoms with Crippen LogP contribution in [-0.2, 0) is 35.9 Å². The molecule has 1 aliphatic rings. The summed E-state index contributed by atoms with van der Waals surface area (Å²) in [7, 11) is -24.1. The molecule has 21 nitrogen and oxygen atoms in total. The van der Waals surface area contributed by atoms with Crippen molar-refractivity contribution in [2.24, 2.45) is 0 Å². The van der Waals surface area contributed by atoms with Crippen LogP contribution < -0.4 is 149 Å². The number of phosphoric acid groups is 4. The molecule has 0 radical (unpaired) electrons. The van der Waals surface area contributed by atoms with E-state index in [-0.39, 0.29) is 118 Å². The molecule has 2 rings (SSSR count). The van der Waals surface area contributed by atoms with Gasteiger partial charge in [0, 0.05) is 12.3 Å². The van der Waals surface area contributed by atoms with Crippen LogP contribution >= 0.6 is 31.3 Å².